The third-order valence-corrected chi connectivity index (χ3v) is 9.99. The first kappa shape index (κ1) is 47.2. The van der Waals surface area contributed by atoms with Crippen molar-refractivity contribution in [3.05, 3.63) is 65.0 Å². The maximum absolute atomic E-state index is 13.7. The van der Waals surface area contributed by atoms with E-state index >= 15 is 0 Å². The van der Waals surface area contributed by atoms with Crippen molar-refractivity contribution in [2.24, 2.45) is 17.8 Å². The van der Waals surface area contributed by atoms with E-state index < -0.39 is 0 Å². The molecular formula is C47H84FN. The SMILES string of the molecule is C1CCCCC1.CC.CC1CCCCC1.CCC.CCCC(CCCCCC(C)Cc1ccc(C)c(F)c1)CCNc1ccccc1CC. The second-order valence-corrected chi connectivity index (χ2v) is 15.0. The first-order valence-electron chi connectivity index (χ1n) is 21.4. The van der Waals surface area contributed by atoms with Gasteiger partial charge in [-0.15, -0.1) is 0 Å². The monoisotopic (exact) mass is 682 g/mol. The molecule has 1 N–H and O–H groups in total. The van der Waals surface area contributed by atoms with Crippen LogP contribution < -0.4 is 5.32 Å². The smallest absolute Gasteiger partial charge is 0.126 e. The number of hydrogen-bond donors (Lipinski definition) is 1. The zero-order valence-corrected chi connectivity index (χ0v) is 34.4. The molecule has 4 rings (SSSR count). The van der Waals surface area contributed by atoms with Crippen LogP contribution in [-0.2, 0) is 12.8 Å². The summed E-state index contributed by atoms with van der Waals surface area (Å²) in [6.45, 7) is 20.3. The zero-order valence-electron chi connectivity index (χ0n) is 34.4. The van der Waals surface area contributed by atoms with Gasteiger partial charge in [0.2, 0.25) is 0 Å². The molecule has 2 atom stereocenters. The summed E-state index contributed by atoms with van der Waals surface area (Å²) in [5, 5.41) is 3.67. The third-order valence-electron chi connectivity index (χ3n) is 9.99. The van der Waals surface area contributed by atoms with E-state index in [0.717, 1.165) is 42.3 Å². The number of rotatable bonds is 15. The molecule has 2 aliphatic rings. The molecule has 2 aromatic carbocycles. The standard InChI is InChI=1S/C29H44FN.C7H14.C6H12.C3H8.C2H6/c1-5-12-25(19-20-31-29-16-11-10-15-27(29)6-2)14-9-7-8-13-23(3)21-26-18-17-24(4)28(30)22-26;1-7-5-3-2-4-6-7;1-2-4-6-5-3-1;1-3-2;1-2/h10-11,15-18,22-23,25,31H,5-9,12-14,19-21H2,1-4H3;7H,2-6H2,1H3;1-6H2;3H2,1-2H3;1-2H3. The lowest BCUT2D eigenvalue weighted by molar-refractivity contribution is 0.385. The Labute approximate surface area is 307 Å². The van der Waals surface area contributed by atoms with Gasteiger partial charge in [-0.2, -0.15) is 0 Å². The van der Waals surface area contributed by atoms with Gasteiger partial charge in [0.25, 0.3) is 0 Å². The quantitative estimate of drug-likeness (QED) is 0.185. The van der Waals surface area contributed by atoms with Crippen molar-refractivity contribution < 1.29 is 4.39 Å². The summed E-state index contributed by atoms with van der Waals surface area (Å²) in [7, 11) is 0. The maximum Gasteiger partial charge on any atom is 0.126 e. The molecule has 49 heavy (non-hydrogen) atoms. The summed E-state index contributed by atoms with van der Waals surface area (Å²) in [4.78, 5) is 0. The van der Waals surface area contributed by atoms with E-state index in [4.69, 9.17) is 0 Å². The molecule has 2 fully saturated rings. The number of hydrogen-bond acceptors (Lipinski definition) is 1. The Bertz CT molecular complexity index is 962. The topological polar surface area (TPSA) is 12.0 Å². The van der Waals surface area contributed by atoms with Crippen LogP contribution in [0.1, 0.15) is 200 Å². The maximum atomic E-state index is 13.7. The van der Waals surface area contributed by atoms with Gasteiger partial charge in [0, 0.05) is 12.2 Å². The summed E-state index contributed by atoms with van der Waals surface area (Å²) in [6, 6.07) is 14.4. The fraction of sp³-hybridized carbons (Fsp3) is 0.745. The van der Waals surface area contributed by atoms with Crippen molar-refractivity contribution in [3.63, 3.8) is 0 Å². The predicted molar refractivity (Wildman–Crippen MR) is 222 cm³/mol. The number of unbranched alkanes of at least 4 members (excludes halogenated alkanes) is 2. The van der Waals surface area contributed by atoms with Crippen molar-refractivity contribution in [1.29, 1.82) is 0 Å². The van der Waals surface area contributed by atoms with Crippen LogP contribution >= 0.6 is 0 Å². The molecule has 284 valence electrons. The van der Waals surface area contributed by atoms with E-state index in [1.165, 1.54) is 140 Å². The Morgan fingerprint density at radius 3 is 1.84 bits per heavy atom. The molecule has 1 nitrogen and oxygen atoms in total. The van der Waals surface area contributed by atoms with Crippen molar-refractivity contribution in [1.82, 2.24) is 0 Å². The number of anilines is 1. The molecule has 0 heterocycles. The van der Waals surface area contributed by atoms with Crippen LogP contribution in [0.4, 0.5) is 10.1 Å². The van der Waals surface area contributed by atoms with Gasteiger partial charge in [-0.1, -0.05) is 208 Å². The van der Waals surface area contributed by atoms with Crippen LogP contribution in [-0.4, -0.2) is 6.54 Å². The van der Waals surface area contributed by atoms with Crippen LogP contribution in [0.2, 0.25) is 0 Å². The van der Waals surface area contributed by atoms with Gasteiger partial charge in [0.1, 0.15) is 5.82 Å². The van der Waals surface area contributed by atoms with Crippen LogP contribution in [0.5, 0.6) is 0 Å². The molecule has 2 saturated carbocycles. The summed E-state index contributed by atoms with van der Waals surface area (Å²) in [5.74, 6) is 2.42. The fourth-order valence-electron chi connectivity index (χ4n) is 6.99. The molecular weight excluding hydrogens is 598 g/mol. The lowest BCUT2D eigenvalue weighted by Gasteiger charge is -2.18. The first-order valence-corrected chi connectivity index (χ1v) is 21.4. The van der Waals surface area contributed by atoms with E-state index in [1.807, 2.05) is 26.8 Å². The normalized spacial score (nSPS) is 15.4. The third kappa shape index (κ3) is 25.7. The minimum atomic E-state index is -0.0701. The van der Waals surface area contributed by atoms with Gasteiger partial charge in [-0.25, -0.2) is 4.39 Å². The Morgan fingerprint density at radius 2 is 1.31 bits per heavy atom. The van der Waals surface area contributed by atoms with Crippen molar-refractivity contribution in [3.8, 4) is 0 Å². The van der Waals surface area contributed by atoms with Gasteiger partial charge in [-0.05, 0) is 72.8 Å². The second kappa shape index (κ2) is 33.3. The number of nitrogens with one attached hydrogen (secondary N) is 1. The zero-order chi connectivity index (χ0) is 36.5. The Balaban J connectivity index is 0.00000103. The van der Waals surface area contributed by atoms with Gasteiger partial charge in [-0.3, -0.25) is 0 Å². The average Bonchev–Trinajstić information content (AvgIpc) is 3.13. The van der Waals surface area contributed by atoms with E-state index in [0.29, 0.717) is 5.92 Å². The predicted octanol–water partition coefficient (Wildman–Crippen LogP) is 16.1. The molecule has 0 aromatic heterocycles. The number of halogens is 1. The van der Waals surface area contributed by atoms with Crippen LogP contribution in [0.3, 0.4) is 0 Å². The first-order chi connectivity index (χ1) is 23.8. The fourth-order valence-corrected chi connectivity index (χ4v) is 6.99. The molecule has 2 heteroatoms. The Kier molecular flexibility index (Phi) is 32.1. The minimum absolute atomic E-state index is 0.0701. The molecule has 0 radical (unpaired) electrons. The molecule has 0 aliphatic heterocycles. The lowest BCUT2D eigenvalue weighted by Crippen LogP contribution is -2.10. The van der Waals surface area contributed by atoms with Crippen molar-refractivity contribution in [2.45, 2.75) is 204 Å². The molecule has 2 aliphatic carbocycles. The summed E-state index contributed by atoms with van der Waals surface area (Å²) in [5.41, 5.74) is 4.60. The molecule has 0 bridgehead atoms. The number of aryl methyl sites for hydroxylation is 2. The van der Waals surface area contributed by atoms with Crippen LogP contribution in [0.25, 0.3) is 0 Å². The Hall–Kier alpha value is -1.83. The second-order valence-electron chi connectivity index (χ2n) is 15.0. The highest BCUT2D eigenvalue weighted by Crippen LogP contribution is 2.24. The van der Waals surface area contributed by atoms with Gasteiger partial charge < -0.3 is 5.32 Å². The lowest BCUT2D eigenvalue weighted by atomic mass is 9.91. The van der Waals surface area contributed by atoms with E-state index in [9.17, 15) is 4.39 Å². The van der Waals surface area contributed by atoms with E-state index in [-0.39, 0.29) is 5.82 Å². The van der Waals surface area contributed by atoms with E-state index in [1.54, 1.807) is 6.07 Å². The number of para-hydroxylation sites is 1. The van der Waals surface area contributed by atoms with Crippen molar-refractivity contribution in [2.75, 3.05) is 11.9 Å². The molecule has 0 spiro atoms. The van der Waals surface area contributed by atoms with Gasteiger partial charge in [0.15, 0.2) is 0 Å². The van der Waals surface area contributed by atoms with Crippen molar-refractivity contribution >= 4 is 5.69 Å². The summed E-state index contributed by atoms with van der Waals surface area (Å²) >= 11 is 0. The van der Waals surface area contributed by atoms with Crippen LogP contribution in [0, 0.1) is 30.5 Å². The summed E-state index contributed by atoms with van der Waals surface area (Å²) < 4.78 is 13.7. The van der Waals surface area contributed by atoms with Gasteiger partial charge in [0.05, 0.1) is 0 Å². The minimum Gasteiger partial charge on any atom is -0.385 e. The molecule has 0 amide bonds. The van der Waals surface area contributed by atoms with Crippen LogP contribution in [0.15, 0.2) is 42.5 Å². The summed E-state index contributed by atoms with van der Waals surface area (Å²) in [6.07, 6.45) is 30.2. The highest BCUT2D eigenvalue weighted by Gasteiger charge is 2.10. The van der Waals surface area contributed by atoms with E-state index in [2.05, 4.69) is 77.2 Å². The highest BCUT2D eigenvalue weighted by molar-refractivity contribution is 5.50. The molecule has 0 saturated heterocycles. The Morgan fingerprint density at radius 1 is 0.735 bits per heavy atom. The average molecular weight is 682 g/mol. The van der Waals surface area contributed by atoms with Gasteiger partial charge >= 0.3 is 0 Å². The molecule has 2 unspecified atom stereocenters. The largest absolute Gasteiger partial charge is 0.385 e. The highest BCUT2D eigenvalue weighted by atomic mass is 19.1. The number of benzene rings is 2. The molecule has 2 aromatic rings.